The van der Waals surface area contributed by atoms with E-state index in [1.54, 1.807) is 4.90 Å². The molecule has 3 rings (SSSR count). The summed E-state index contributed by atoms with van der Waals surface area (Å²) in [5, 5.41) is 6.35. The lowest BCUT2D eigenvalue weighted by atomic mass is 9.86. The van der Waals surface area contributed by atoms with Crippen LogP contribution in [0.1, 0.15) is 46.0 Å². The van der Waals surface area contributed by atoms with Gasteiger partial charge in [0.15, 0.2) is 0 Å². The van der Waals surface area contributed by atoms with E-state index in [9.17, 15) is 9.59 Å². The van der Waals surface area contributed by atoms with Crippen molar-refractivity contribution in [3.63, 3.8) is 0 Å². The molecular formula is C16H27N3O2. The summed E-state index contributed by atoms with van der Waals surface area (Å²) in [6.07, 6.45) is 5.37. The first-order valence-electron chi connectivity index (χ1n) is 8.22. The fraction of sp³-hybridized carbons (Fsp3) is 0.875. The lowest BCUT2D eigenvalue weighted by Gasteiger charge is -2.28. The standard InChI is InChI=1S/C16H27N3O2/c1-15(2)5-3-4-12(15)18-13(20)14(21)19-9-7-16(11-19)6-8-17-10-16/h12,17H,3-11H2,1-2H3,(H,18,20). The number of hydrogen-bond donors (Lipinski definition) is 2. The molecule has 2 amide bonds. The molecule has 2 aliphatic heterocycles. The van der Waals surface area contributed by atoms with Gasteiger partial charge >= 0.3 is 11.8 Å². The number of likely N-dealkylation sites (tertiary alicyclic amines) is 1. The van der Waals surface area contributed by atoms with Crippen LogP contribution in [-0.2, 0) is 9.59 Å². The molecule has 5 nitrogen and oxygen atoms in total. The summed E-state index contributed by atoms with van der Waals surface area (Å²) in [6, 6.07) is 0.138. The van der Waals surface area contributed by atoms with E-state index < -0.39 is 5.91 Å². The Balaban J connectivity index is 1.57. The van der Waals surface area contributed by atoms with Crippen molar-refractivity contribution in [1.29, 1.82) is 0 Å². The van der Waals surface area contributed by atoms with Gasteiger partial charge in [-0.25, -0.2) is 0 Å². The highest BCUT2D eigenvalue weighted by molar-refractivity contribution is 6.35. The highest BCUT2D eigenvalue weighted by Gasteiger charge is 2.44. The van der Waals surface area contributed by atoms with Crippen molar-refractivity contribution >= 4 is 11.8 Å². The van der Waals surface area contributed by atoms with E-state index in [0.717, 1.165) is 58.3 Å². The van der Waals surface area contributed by atoms with Gasteiger partial charge in [0.1, 0.15) is 0 Å². The molecule has 1 aliphatic carbocycles. The average molecular weight is 293 g/mol. The summed E-state index contributed by atoms with van der Waals surface area (Å²) in [4.78, 5) is 26.4. The van der Waals surface area contributed by atoms with Gasteiger partial charge in [0.05, 0.1) is 0 Å². The van der Waals surface area contributed by atoms with E-state index in [-0.39, 0.29) is 22.8 Å². The zero-order chi connectivity index (χ0) is 15.1. The predicted octanol–water partition coefficient (Wildman–Crippen LogP) is 0.893. The molecule has 0 aromatic heterocycles. The molecule has 3 fully saturated rings. The molecule has 2 atom stereocenters. The van der Waals surface area contributed by atoms with Gasteiger partial charge in [-0.2, -0.15) is 0 Å². The van der Waals surface area contributed by atoms with E-state index in [0.29, 0.717) is 0 Å². The quantitative estimate of drug-likeness (QED) is 0.706. The van der Waals surface area contributed by atoms with Crippen LogP contribution in [0.4, 0.5) is 0 Å². The van der Waals surface area contributed by atoms with Crippen LogP contribution in [-0.4, -0.2) is 48.9 Å². The molecule has 0 bridgehead atoms. The molecule has 2 unspecified atom stereocenters. The van der Waals surface area contributed by atoms with Gasteiger partial charge in [0.25, 0.3) is 0 Å². The van der Waals surface area contributed by atoms with Crippen LogP contribution < -0.4 is 10.6 Å². The number of carbonyl (C=O) groups is 2. The largest absolute Gasteiger partial charge is 0.345 e. The molecule has 0 aromatic carbocycles. The molecule has 21 heavy (non-hydrogen) atoms. The summed E-state index contributed by atoms with van der Waals surface area (Å²) in [6.45, 7) is 7.82. The molecule has 0 radical (unpaired) electrons. The molecule has 5 heteroatoms. The fourth-order valence-electron chi connectivity index (χ4n) is 4.21. The van der Waals surface area contributed by atoms with Crippen LogP contribution in [0.15, 0.2) is 0 Å². The van der Waals surface area contributed by atoms with Gasteiger partial charge in [0, 0.05) is 31.1 Å². The third-order valence-corrected chi connectivity index (χ3v) is 5.81. The van der Waals surface area contributed by atoms with Gasteiger partial charge in [-0.15, -0.1) is 0 Å². The zero-order valence-electron chi connectivity index (χ0n) is 13.2. The monoisotopic (exact) mass is 293 g/mol. The van der Waals surface area contributed by atoms with E-state index in [1.165, 1.54) is 0 Å². The molecule has 2 heterocycles. The van der Waals surface area contributed by atoms with Gasteiger partial charge in [-0.1, -0.05) is 20.3 Å². The Bertz CT molecular complexity index is 441. The first-order chi connectivity index (χ1) is 9.92. The van der Waals surface area contributed by atoms with Crippen molar-refractivity contribution in [2.24, 2.45) is 10.8 Å². The van der Waals surface area contributed by atoms with Crippen LogP contribution in [0.5, 0.6) is 0 Å². The van der Waals surface area contributed by atoms with Crippen molar-refractivity contribution in [3.8, 4) is 0 Å². The third-order valence-electron chi connectivity index (χ3n) is 5.81. The number of nitrogens with zero attached hydrogens (tertiary/aromatic N) is 1. The van der Waals surface area contributed by atoms with Gasteiger partial charge in [-0.05, 0) is 37.6 Å². The molecule has 2 N–H and O–H groups in total. The first-order valence-corrected chi connectivity index (χ1v) is 8.22. The van der Waals surface area contributed by atoms with Crippen LogP contribution in [0.2, 0.25) is 0 Å². The second-order valence-corrected chi connectivity index (χ2v) is 7.81. The van der Waals surface area contributed by atoms with Crippen LogP contribution in [0.3, 0.4) is 0 Å². The SMILES string of the molecule is CC1(C)CCCC1NC(=O)C(=O)N1CCC2(CCNC2)C1. The maximum atomic E-state index is 12.4. The molecular weight excluding hydrogens is 266 g/mol. The van der Waals surface area contributed by atoms with Gasteiger partial charge in [-0.3, -0.25) is 9.59 Å². The summed E-state index contributed by atoms with van der Waals surface area (Å²) in [7, 11) is 0. The van der Waals surface area contributed by atoms with Crippen molar-refractivity contribution in [1.82, 2.24) is 15.5 Å². The highest BCUT2D eigenvalue weighted by atomic mass is 16.2. The fourth-order valence-corrected chi connectivity index (χ4v) is 4.21. The smallest absolute Gasteiger partial charge is 0.311 e. The Morgan fingerprint density at radius 1 is 1.24 bits per heavy atom. The Kier molecular flexibility index (Phi) is 3.72. The number of hydrogen-bond acceptors (Lipinski definition) is 3. The molecule has 118 valence electrons. The second-order valence-electron chi connectivity index (χ2n) is 7.81. The number of carbonyl (C=O) groups excluding carboxylic acids is 2. The maximum Gasteiger partial charge on any atom is 0.311 e. The van der Waals surface area contributed by atoms with Crippen LogP contribution in [0, 0.1) is 10.8 Å². The second kappa shape index (κ2) is 5.27. The molecule has 2 saturated heterocycles. The molecule has 1 saturated carbocycles. The number of rotatable bonds is 1. The Hall–Kier alpha value is -1.10. The van der Waals surface area contributed by atoms with E-state index in [2.05, 4.69) is 24.5 Å². The van der Waals surface area contributed by atoms with Crippen molar-refractivity contribution in [2.45, 2.75) is 52.0 Å². The Morgan fingerprint density at radius 3 is 2.67 bits per heavy atom. The number of amides is 2. The first kappa shape index (κ1) is 14.8. The lowest BCUT2D eigenvalue weighted by molar-refractivity contribution is -0.146. The van der Waals surface area contributed by atoms with Crippen LogP contribution >= 0.6 is 0 Å². The topological polar surface area (TPSA) is 61.4 Å². The van der Waals surface area contributed by atoms with Gasteiger partial charge in [0.2, 0.25) is 0 Å². The normalized spacial score (nSPS) is 34.6. The van der Waals surface area contributed by atoms with Gasteiger partial charge < -0.3 is 15.5 Å². The van der Waals surface area contributed by atoms with Crippen molar-refractivity contribution < 1.29 is 9.59 Å². The summed E-state index contributed by atoms with van der Waals surface area (Å²) >= 11 is 0. The lowest BCUT2D eigenvalue weighted by Crippen LogP contribution is -2.49. The maximum absolute atomic E-state index is 12.4. The minimum absolute atomic E-state index is 0.109. The number of nitrogens with one attached hydrogen (secondary N) is 2. The molecule has 0 aromatic rings. The highest BCUT2D eigenvalue weighted by Crippen LogP contribution is 2.38. The zero-order valence-corrected chi connectivity index (χ0v) is 13.2. The predicted molar refractivity (Wildman–Crippen MR) is 80.7 cm³/mol. The summed E-state index contributed by atoms with van der Waals surface area (Å²) in [5.74, 6) is -0.737. The Labute approximate surface area is 126 Å². The van der Waals surface area contributed by atoms with E-state index in [1.807, 2.05) is 0 Å². The molecule has 3 aliphatic rings. The van der Waals surface area contributed by atoms with Crippen LogP contribution in [0.25, 0.3) is 0 Å². The van der Waals surface area contributed by atoms with Crippen molar-refractivity contribution in [3.05, 3.63) is 0 Å². The average Bonchev–Trinajstić information content (AvgIpc) is 3.13. The molecule has 1 spiro atoms. The van der Waals surface area contributed by atoms with Crippen molar-refractivity contribution in [2.75, 3.05) is 26.2 Å². The summed E-state index contributed by atoms with van der Waals surface area (Å²) in [5.41, 5.74) is 0.333. The summed E-state index contributed by atoms with van der Waals surface area (Å²) < 4.78 is 0. The minimum atomic E-state index is -0.405. The van der Waals surface area contributed by atoms with E-state index >= 15 is 0 Å². The third kappa shape index (κ3) is 2.80. The minimum Gasteiger partial charge on any atom is -0.345 e. The van der Waals surface area contributed by atoms with E-state index in [4.69, 9.17) is 0 Å². The Morgan fingerprint density at radius 2 is 2.05 bits per heavy atom.